The van der Waals surface area contributed by atoms with Crippen LogP contribution in [0.3, 0.4) is 0 Å². The lowest BCUT2D eigenvalue weighted by Gasteiger charge is -2.17. The number of hydrogen-bond acceptors (Lipinski definition) is 3. The standard InChI is InChI=1S/C13H11ClF3NOS/c14-9-4-1-3-8(13(15,16)17)12(9)18-7-10(19)11-5-2-6-20-11/h1-6,10,18-19H,7H2. The Hall–Kier alpha value is -1.24. The fourth-order valence-electron chi connectivity index (χ4n) is 1.72. The van der Waals surface area contributed by atoms with Crippen molar-refractivity contribution in [2.45, 2.75) is 12.3 Å². The van der Waals surface area contributed by atoms with E-state index >= 15 is 0 Å². The summed E-state index contributed by atoms with van der Waals surface area (Å²) in [7, 11) is 0. The quantitative estimate of drug-likeness (QED) is 0.865. The fraction of sp³-hybridized carbons (Fsp3) is 0.231. The van der Waals surface area contributed by atoms with Gasteiger partial charge in [0.1, 0.15) is 6.10 Å². The molecule has 1 aromatic carbocycles. The van der Waals surface area contributed by atoms with Crippen molar-refractivity contribution in [3.8, 4) is 0 Å². The summed E-state index contributed by atoms with van der Waals surface area (Å²) in [6.45, 7) is -0.0483. The lowest BCUT2D eigenvalue weighted by molar-refractivity contribution is -0.137. The first kappa shape index (κ1) is 15.2. The lowest BCUT2D eigenvalue weighted by atomic mass is 10.1. The van der Waals surface area contributed by atoms with Gasteiger partial charge in [-0.25, -0.2) is 0 Å². The number of anilines is 1. The van der Waals surface area contributed by atoms with Gasteiger partial charge in [-0.3, -0.25) is 0 Å². The average Bonchev–Trinajstić information content (AvgIpc) is 2.89. The Balaban J connectivity index is 2.17. The van der Waals surface area contributed by atoms with Crippen molar-refractivity contribution in [1.82, 2.24) is 0 Å². The molecule has 0 fully saturated rings. The van der Waals surface area contributed by atoms with Crippen LogP contribution in [0.2, 0.25) is 5.02 Å². The number of rotatable bonds is 4. The molecule has 0 radical (unpaired) electrons. The zero-order valence-corrected chi connectivity index (χ0v) is 11.7. The third-order valence-electron chi connectivity index (χ3n) is 2.66. The molecule has 2 N–H and O–H groups in total. The molecule has 108 valence electrons. The van der Waals surface area contributed by atoms with Crippen molar-refractivity contribution in [2.75, 3.05) is 11.9 Å². The highest BCUT2D eigenvalue weighted by molar-refractivity contribution is 7.10. The van der Waals surface area contributed by atoms with Gasteiger partial charge in [0.15, 0.2) is 0 Å². The minimum atomic E-state index is -4.50. The van der Waals surface area contributed by atoms with E-state index < -0.39 is 17.8 Å². The van der Waals surface area contributed by atoms with E-state index in [1.54, 1.807) is 17.5 Å². The molecule has 0 aliphatic heterocycles. The topological polar surface area (TPSA) is 32.3 Å². The second-order valence-corrected chi connectivity index (χ2v) is 5.46. The second kappa shape index (κ2) is 6.03. The third kappa shape index (κ3) is 3.45. The van der Waals surface area contributed by atoms with Crippen molar-refractivity contribution in [3.05, 3.63) is 51.2 Å². The average molecular weight is 322 g/mol. The van der Waals surface area contributed by atoms with Crippen LogP contribution in [-0.4, -0.2) is 11.7 Å². The minimum absolute atomic E-state index is 0.0294. The van der Waals surface area contributed by atoms with E-state index in [0.717, 1.165) is 6.07 Å². The SMILES string of the molecule is OC(CNc1c(Cl)cccc1C(F)(F)F)c1cccs1. The van der Waals surface area contributed by atoms with E-state index in [1.165, 1.54) is 23.5 Å². The first-order valence-corrected chi connectivity index (χ1v) is 6.96. The van der Waals surface area contributed by atoms with E-state index in [9.17, 15) is 18.3 Å². The van der Waals surface area contributed by atoms with Gasteiger partial charge in [-0.05, 0) is 23.6 Å². The van der Waals surface area contributed by atoms with E-state index in [-0.39, 0.29) is 17.3 Å². The van der Waals surface area contributed by atoms with Gasteiger partial charge in [0.2, 0.25) is 0 Å². The minimum Gasteiger partial charge on any atom is -0.386 e. The van der Waals surface area contributed by atoms with Crippen LogP contribution in [0, 0.1) is 0 Å². The number of hydrogen-bond donors (Lipinski definition) is 2. The zero-order valence-electron chi connectivity index (χ0n) is 10.1. The van der Waals surface area contributed by atoms with E-state index in [2.05, 4.69) is 5.32 Å². The molecule has 0 aliphatic rings. The predicted molar refractivity (Wildman–Crippen MR) is 74.2 cm³/mol. The number of aliphatic hydroxyl groups is 1. The van der Waals surface area contributed by atoms with E-state index in [1.807, 2.05) is 0 Å². The predicted octanol–water partition coefficient (Wildman–Crippen LogP) is 4.57. The molecule has 7 heteroatoms. The molecule has 1 aromatic heterocycles. The van der Waals surface area contributed by atoms with Crippen LogP contribution >= 0.6 is 22.9 Å². The molecule has 0 saturated heterocycles. The molecule has 1 atom stereocenters. The highest BCUT2D eigenvalue weighted by atomic mass is 35.5. The summed E-state index contributed by atoms with van der Waals surface area (Å²) in [4.78, 5) is 0.679. The van der Waals surface area contributed by atoms with E-state index in [4.69, 9.17) is 11.6 Å². The van der Waals surface area contributed by atoms with Crippen molar-refractivity contribution in [2.24, 2.45) is 0 Å². The maximum atomic E-state index is 12.9. The molecular weight excluding hydrogens is 311 g/mol. The van der Waals surface area contributed by atoms with Gasteiger partial charge in [0, 0.05) is 11.4 Å². The number of para-hydroxylation sites is 1. The molecule has 2 nitrogen and oxygen atoms in total. The van der Waals surface area contributed by atoms with Gasteiger partial charge in [-0.2, -0.15) is 13.2 Å². The smallest absolute Gasteiger partial charge is 0.386 e. The van der Waals surface area contributed by atoms with Gasteiger partial charge in [0.05, 0.1) is 16.3 Å². The summed E-state index contributed by atoms with van der Waals surface area (Å²) in [6, 6.07) is 7.04. The molecule has 20 heavy (non-hydrogen) atoms. The van der Waals surface area contributed by atoms with Crippen LogP contribution in [0.1, 0.15) is 16.5 Å². The van der Waals surface area contributed by atoms with Gasteiger partial charge >= 0.3 is 6.18 Å². The molecule has 0 saturated carbocycles. The van der Waals surface area contributed by atoms with Crippen LogP contribution in [0.4, 0.5) is 18.9 Å². The van der Waals surface area contributed by atoms with Gasteiger partial charge in [-0.1, -0.05) is 23.7 Å². The Labute approximate surface area is 122 Å². The summed E-state index contributed by atoms with van der Waals surface area (Å²) < 4.78 is 38.6. The van der Waals surface area contributed by atoms with Crippen LogP contribution in [-0.2, 0) is 6.18 Å². The maximum absolute atomic E-state index is 12.9. The summed E-state index contributed by atoms with van der Waals surface area (Å²) in [5.41, 5.74) is -1.05. The molecule has 2 rings (SSSR count). The third-order valence-corrected chi connectivity index (χ3v) is 3.95. The monoisotopic (exact) mass is 321 g/mol. The highest BCUT2D eigenvalue weighted by Gasteiger charge is 2.34. The summed E-state index contributed by atoms with van der Waals surface area (Å²) in [6.07, 6.45) is -5.38. The number of halogens is 4. The number of thiophene rings is 1. The molecule has 0 bridgehead atoms. The Bertz CT molecular complexity index is 571. The molecule has 0 spiro atoms. The van der Waals surface area contributed by atoms with Crippen LogP contribution in [0.25, 0.3) is 0 Å². The van der Waals surface area contributed by atoms with Crippen molar-refractivity contribution in [1.29, 1.82) is 0 Å². The van der Waals surface area contributed by atoms with Gasteiger partial charge in [-0.15, -0.1) is 11.3 Å². The van der Waals surface area contributed by atoms with Crippen LogP contribution < -0.4 is 5.32 Å². The largest absolute Gasteiger partial charge is 0.418 e. The highest BCUT2D eigenvalue weighted by Crippen LogP contribution is 2.38. The first-order chi connectivity index (χ1) is 9.39. The summed E-state index contributed by atoms with van der Waals surface area (Å²) in [5.74, 6) is 0. The fourth-order valence-corrected chi connectivity index (χ4v) is 2.67. The lowest BCUT2D eigenvalue weighted by Crippen LogP contribution is -2.16. The summed E-state index contributed by atoms with van der Waals surface area (Å²) >= 11 is 7.14. The van der Waals surface area contributed by atoms with Gasteiger partial charge in [0.25, 0.3) is 0 Å². The van der Waals surface area contributed by atoms with Crippen LogP contribution in [0.5, 0.6) is 0 Å². The molecule has 2 aromatic rings. The molecule has 1 unspecified atom stereocenters. The molecule has 1 heterocycles. The Morgan fingerprint density at radius 2 is 2.00 bits per heavy atom. The molecule has 0 amide bonds. The number of alkyl halides is 3. The maximum Gasteiger partial charge on any atom is 0.418 e. The summed E-state index contributed by atoms with van der Waals surface area (Å²) in [5, 5.41) is 14.2. The Morgan fingerprint density at radius 1 is 1.25 bits per heavy atom. The Morgan fingerprint density at radius 3 is 2.60 bits per heavy atom. The van der Waals surface area contributed by atoms with Gasteiger partial charge < -0.3 is 10.4 Å². The molecule has 0 aliphatic carbocycles. The first-order valence-electron chi connectivity index (χ1n) is 5.70. The number of aliphatic hydroxyl groups excluding tert-OH is 1. The molecular formula is C13H11ClF3NOS. The van der Waals surface area contributed by atoms with Crippen molar-refractivity contribution < 1.29 is 18.3 Å². The zero-order chi connectivity index (χ0) is 14.8. The van der Waals surface area contributed by atoms with Crippen molar-refractivity contribution >= 4 is 28.6 Å². The Kier molecular flexibility index (Phi) is 4.57. The number of nitrogens with one attached hydrogen (secondary N) is 1. The van der Waals surface area contributed by atoms with Crippen LogP contribution in [0.15, 0.2) is 35.7 Å². The van der Waals surface area contributed by atoms with E-state index in [0.29, 0.717) is 4.88 Å². The number of benzene rings is 1. The second-order valence-electron chi connectivity index (χ2n) is 4.07. The van der Waals surface area contributed by atoms with Crippen molar-refractivity contribution in [3.63, 3.8) is 0 Å². The normalized spacial score (nSPS) is 13.2.